The molecule has 1 unspecified atom stereocenters. The number of sulfone groups is 1. The molecule has 1 aromatic heterocycles. The first-order valence-electron chi connectivity index (χ1n) is 4.84. The predicted molar refractivity (Wildman–Crippen MR) is 65.1 cm³/mol. The topological polar surface area (TPSA) is 84.8 Å². The van der Waals surface area contributed by atoms with Crippen molar-refractivity contribution in [3.8, 4) is 0 Å². The Kier molecular flexibility index (Phi) is 3.17. The zero-order chi connectivity index (χ0) is 12.7. The second-order valence-corrected chi connectivity index (χ2v) is 7.08. The van der Waals surface area contributed by atoms with Crippen molar-refractivity contribution < 1.29 is 8.42 Å². The number of nitrogens with one attached hydrogen (secondary N) is 1. The lowest BCUT2D eigenvalue weighted by atomic mass is 10.0. The van der Waals surface area contributed by atoms with Gasteiger partial charge in [0.1, 0.15) is 0 Å². The molecule has 1 aliphatic rings. The summed E-state index contributed by atoms with van der Waals surface area (Å²) in [7, 11) is -2.99. The number of aromatic nitrogens is 3. The first-order valence-corrected chi connectivity index (χ1v) is 7.41. The fraction of sp³-hybridized carbons (Fsp3) is 0.625. The Hall–Kier alpha value is -0.660. The fourth-order valence-corrected chi connectivity index (χ4v) is 4.22. The van der Waals surface area contributed by atoms with Crippen LogP contribution in [0.5, 0.6) is 0 Å². The Morgan fingerprint density at radius 2 is 1.82 bits per heavy atom. The van der Waals surface area contributed by atoms with Crippen LogP contribution in [0.4, 0.5) is 5.95 Å². The van der Waals surface area contributed by atoms with Gasteiger partial charge in [0.15, 0.2) is 9.84 Å². The SMILES string of the molecule is CC1(Nc2nc(Cl)nc(Cl)n2)CCS(=O)(=O)C1. The maximum absolute atomic E-state index is 11.4. The lowest BCUT2D eigenvalue weighted by Gasteiger charge is -2.23. The van der Waals surface area contributed by atoms with Crippen LogP contribution in [0.25, 0.3) is 0 Å². The van der Waals surface area contributed by atoms with E-state index in [4.69, 9.17) is 23.2 Å². The van der Waals surface area contributed by atoms with E-state index in [9.17, 15) is 8.42 Å². The van der Waals surface area contributed by atoms with E-state index in [0.29, 0.717) is 6.42 Å². The minimum atomic E-state index is -2.99. The number of hydrogen-bond donors (Lipinski definition) is 1. The summed E-state index contributed by atoms with van der Waals surface area (Å²) in [5, 5.41) is 2.88. The van der Waals surface area contributed by atoms with Crippen molar-refractivity contribution in [3.05, 3.63) is 10.6 Å². The fourth-order valence-electron chi connectivity index (χ4n) is 1.76. The summed E-state index contributed by atoms with van der Waals surface area (Å²) in [6.45, 7) is 1.79. The van der Waals surface area contributed by atoms with Crippen molar-refractivity contribution in [1.29, 1.82) is 0 Å². The van der Waals surface area contributed by atoms with Gasteiger partial charge in [-0.15, -0.1) is 0 Å². The molecule has 1 fully saturated rings. The Balaban J connectivity index is 2.21. The lowest BCUT2D eigenvalue weighted by Crippen LogP contribution is -2.36. The second-order valence-electron chi connectivity index (χ2n) is 4.22. The Labute approximate surface area is 109 Å². The van der Waals surface area contributed by atoms with Crippen LogP contribution in [-0.4, -0.2) is 40.4 Å². The van der Waals surface area contributed by atoms with E-state index in [-0.39, 0.29) is 28.0 Å². The van der Waals surface area contributed by atoms with Gasteiger partial charge in [-0.25, -0.2) is 8.42 Å². The molecule has 2 rings (SSSR count). The van der Waals surface area contributed by atoms with Crippen LogP contribution in [0.1, 0.15) is 13.3 Å². The molecule has 0 bridgehead atoms. The Morgan fingerprint density at radius 1 is 1.24 bits per heavy atom. The van der Waals surface area contributed by atoms with Crippen molar-refractivity contribution >= 4 is 39.0 Å². The summed E-state index contributed by atoms with van der Waals surface area (Å²) >= 11 is 11.3. The first kappa shape index (κ1) is 12.8. The van der Waals surface area contributed by atoms with Crippen LogP contribution in [0.3, 0.4) is 0 Å². The van der Waals surface area contributed by atoms with Gasteiger partial charge in [-0.2, -0.15) is 15.0 Å². The van der Waals surface area contributed by atoms with Gasteiger partial charge in [-0.1, -0.05) is 0 Å². The predicted octanol–water partition coefficient (Wildman–Crippen LogP) is 1.17. The average Bonchev–Trinajstić information content (AvgIpc) is 2.37. The van der Waals surface area contributed by atoms with E-state index in [1.165, 1.54) is 0 Å². The van der Waals surface area contributed by atoms with Crippen LogP contribution in [0.15, 0.2) is 0 Å². The highest BCUT2D eigenvalue weighted by Gasteiger charge is 2.38. The zero-order valence-corrected chi connectivity index (χ0v) is 11.3. The Bertz CT molecular complexity index is 530. The molecular formula is C8H10Cl2N4O2S. The molecule has 1 N–H and O–H groups in total. The van der Waals surface area contributed by atoms with Crippen LogP contribution >= 0.6 is 23.2 Å². The maximum atomic E-state index is 11.4. The zero-order valence-electron chi connectivity index (χ0n) is 8.94. The third kappa shape index (κ3) is 3.17. The van der Waals surface area contributed by atoms with Gasteiger partial charge in [0.05, 0.1) is 17.0 Å². The number of hydrogen-bond acceptors (Lipinski definition) is 6. The monoisotopic (exact) mass is 296 g/mol. The minimum absolute atomic E-state index is 0.0306. The highest BCUT2D eigenvalue weighted by molar-refractivity contribution is 7.91. The normalized spacial score (nSPS) is 27.0. The van der Waals surface area contributed by atoms with Gasteiger partial charge in [0.2, 0.25) is 16.5 Å². The second kappa shape index (κ2) is 4.22. The summed E-state index contributed by atoms with van der Waals surface area (Å²) in [5.74, 6) is 0.388. The van der Waals surface area contributed by atoms with Gasteiger partial charge in [-0.3, -0.25) is 0 Å². The molecule has 2 heterocycles. The van der Waals surface area contributed by atoms with E-state index in [0.717, 1.165) is 0 Å². The van der Waals surface area contributed by atoms with Crippen LogP contribution in [-0.2, 0) is 9.84 Å². The molecule has 0 aliphatic carbocycles. The number of anilines is 1. The highest BCUT2D eigenvalue weighted by Crippen LogP contribution is 2.26. The minimum Gasteiger partial charge on any atom is -0.348 e. The van der Waals surface area contributed by atoms with Gasteiger partial charge in [0, 0.05) is 0 Å². The molecule has 0 spiro atoms. The van der Waals surface area contributed by atoms with Crippen LogP contribution in [0, 0.1) is 0 Å². The van der Waals surface area contributed by atoms with Gasteiger partial charge < -0.3 is 5.32 Å². The quantitative estimate of drug-likeness (QED) is 0.882. The number of rotatable bonds is 2. The highest BCUT2D eigenvalue weighted by atomic mass is 35.5. The standard InChI is InChI=1S/C8H10Cl2N4O2S/c1-8(2-3-17(15,16)4-8)14-7-12-5(9)11-6(10)13-7/h2-4H2,1H3,(H,11,12,13,14). The van der Waals surface area contributed by atoms with E-state index in [1.807, 2.05) is 0 Å². The molecule has 1 aromatic rings. The van der Waals surface area contributed by atoms with Gasteiger partial charge in [0.25, 0.3) is 0 Å². The van der Waals surface area contributed by atoms with Crippen LogP contribution < -0.4 is 5.32 Å². The van der Waals surface area contributed by atoms with Crippen molar-refractivity contribution in [2.45, 2.75) is 18.9 Å². The molecular weight excluding hydrogens is 287 g/mol. The third-order valence-corrected chi connectivity index (χ3v) is 4.74. The molecule has 1 aliphatic heterocycles. The van der Waals surface area contributed by atoms with E-state index >= 15 is 0 Å². The van der Waals surface area contributed by atoms with Crippen molar-refractivity contribution in [2.24, 2.45) is 0 Å². The van der Waals surface area contributed by atoms with Gasteiger partial charge >= 0.3 is 0 Å². The maximum Gasteiger partial charge on any atom is 0.228 e. The summed E-state index contributed by atoms with van der Waals surface area (Å²) in [5.41, 5.74) is -0.590. The summed E-state index contributed by atoms with van der Waals surface area (Å²) < 4.78 is 22.8. The van der Waals surface area contributed by atoms with E-state index in [1.54, 1.807) is 6.92 Å². The average molecular weight is 297 g/mol. The summed E-state index contributed by atoms with van der Waals surface area (Å²) in [6.07, 6.45) is 0.496. The van der Waals surface area contributed by atoms with Crippen molar-refractivity contribution in [3.63, 3.8) is 0 Å². The molecule has 0 saturated carbocycles. The number of halogens is 2. The summed E-state index contributed by atoms with van der Waals surface area (Å²) in [6, 6.07) is 0. The molecule has 6 nitrogen and oxygen atoms in total. The summed E-state index contributed by atoms with van der Waals surface area (Å²) in [4.78, 5) is 11.3. The van der Waals surface area contributed by atoms with Crippen molar-refractivity contribution in [1.82, 2.24) is 15.0 Å². The Morgan fingerprint density at radius 3 is 2.29 bits per heavy atom. The molecule has 0 aromatic carbocycles. The van der Waals surface area contributed by atoms with E-state index in [2.05, 4.69) is 20.3 Å². The van der Waals surface area contributed by atoms with Crippen molar-refractivity contribution in [2.75, 3.05) is 16.8 Å². The van der Waals surface area contributed by atoms with E-state index < -0.39 is 15.4 Å². The molecule has 1 atom stereocenters. The lowest BCUT2D eigenvalue weighted by molar-refractivity contribution is 0.569. The molecule has 9 heteroatoms. The molecule has 0 amide bonds. The molecule has 94 valence electrons. The van der Waals surface area contributed by atoms with Gasteiger partial charge in [-0.05, 0) is 36.5 Å². The largest absolute Gasteiger partial charge is 0.348 e. The smallest absolute Gasteiger partial charge is 0.228 e. The number of nitrogens with zero attached hydrogens (tertiary/aromatic N) is 3. The van der Waals surface area contributed by atoms with Crippen LogP contribution in [0.2, 0.25) is 10.6 Å². The first-order chi connectivity index (χ1) is 7.78. The molecule has 0 radical (unpaired) electrons. The molecule has 1 saturated heterocycles. The third-order valence-electron chi connectivity index (χ3n) is 2.50. The molecule has 17 heavy (non-hydrogen) atoms.